The zero-order valence-electron chi connectivity index (χ0n) is 16.5. The van der Waals surface area contributed by atoms with Crippen LogP contribution in [0.4, 0.5) is 5.00 Å². The molecule has 3 aromatic heterocycles. The quantitative estimate of drug-likeness (QED) is 0.390. The SMILES string of the molecule is Cc1ccc2c(C(=O)C(=O)Nc3cc(C)ns3)cc(Cc3ccc(C#N)cc3)n2c1. The summed E-state index contributed by atoms with van der Waals surface area (Å²) in [6.45, 7) is 3.80. The molecule has 0 fully saturated rings. The molecule has 0 saturated carbocycles. The molecule has 0 spiro atoms. The fourth-order valence-corrected chi connectivity index (χ4v) is 3.97. The lowest BCUT2D eigenvalue weighted by Crippen LogP contribution is -2.22. The number of hydrogen-bond donors (Lipinski definition) is 1. The maximum Gasteiger partial charge on any atom is 0.297 e. The Bertz CT molecular complexity index is 1310. The molecule has 7 heteroatoms. The van der Waals surface area contributed by atoms with Gasteiger partial charge in [0.2, 0.25) is 0 Å². The second kappa shape index (κ2) is 7.93. The van der Waals surface area contributed by atoms with Crippen molar-refractivity contribution >= 4 is 33.7 Å². The minimum absolute atomic E-state index is 0.359. The van der Waals surface area contributed by atoms with E-state index in [0.717, 1.165) is 34.0 Å². The molecule has 0 aliphatic heterocycles. The number of benzene rings is 1. The molecule has 0 aliphatic rings. The van der Waals surface area contributed by atoms with Crippen molar-refractivity contribution in [2.24, 2.45) is 0 Å². The van der Waals surface area contributed by atoms with Gasteiger partial charge >= 0.3 is 0 Å². The number of aromatic nitrogens is 2. The van der Waals surface area contributed by atoms with Crippen molar-refractivity contribution in [2.45, 2.75) is 20.3 Å². The third-order valence-corrected chi connectivity index (χ3v) is 5.57. The third kappa shape index (κ3) is 3.86. The molecule has 0 radical (unpaired) electrons. The highest BCUT2D eigenvalue weighted by Gasteiger charge is 2.22. The van der Waals surface area contributed by atoms with Crippen LogP contribution in [0, 0.1) is 25.2 Å². The lowest BCUT2D eigenvalue weighted by atomic mass is 10.1. The maximum absolute atomic E-state index is 12.9. The average Bonchev–Trinajstić information content (AvgIpc) is 3.31. The molecule has 30 heavy (non-hydrogen) atoms. The van der Waals surface area contributed by atoms with E-state index in [4.69, 9.17) is 5.26 Å². The van der Waals surface area contributed by atoms with Gasteiger partial charge in [-0.1, -0.05) is 18.2 Å². The minimum Gasteiger partial charge on any atom is -0.320 e. The van der Waals surface area contributed by atoms with E-state index < -0.39 is 11.7 Å². The summed E-state index contributed by atoms with van der Waals surface area (Å²) in [4.78, 5) is 25.5. The summed E-state index contributed by atoms with van der Waals surface area (Å²) in [6, 6.07) is 16.7. The smallest absolute Gasteiger partial charge is 0.297 e. The van der Waals surface area contributed by atoms with Gasteiger partial charge in [0, 0.05) is 18.3 Å². The summed E-state index contributed by atoms with van der Waals surface area (Å²) in [6.07, 6.45) is 2.52. The van der Waals surface area contributed by atoms with Crippen molar-refractivity contribution in [3.05, 3.63) is 88.4 Å². The van der Waals surface area contributed by atoms with Gasteiger partial charge in [0.15, 0.2) is 0 Å². The molecule has 0 saturated heterocycles. The Hall–Kier alpha value is -3.76. The van der Waals surface area contributed by atoms with Crippen molar-refractivity contribution in [2.75, 3.05) is 5.32 Å². The molecule has 4 rings (SSSR count). The van der Waals surface area contributed by atoms with E-state index in [1.54, 1.807) is 24.3 Å². The second-order valence-corrected chi connectivity index (χ2v) is 7.92. The number of hydrogen-bond acceptors (Lipinski definition) is 5. The average molecular weight is 414 g/mol. The van der Waals surface area contributed by atoms with E-state index >= 15 is 0 Å². The molecule has 1 N–H and O–H groups in total. The second-order valence-electron chi connectivity index (χ2n) is 7.11. The van der Waals surface area contributed by atoms with Crippen molar-refractivity contribution in [1.29, 1.82) is 5.26 Å². The van der Waals surface area contributed by atoms with Gasteiger partial charge in [-0.15, -0.1) is 0 Å². The number of Topliss-reactive ketones (excluding diaryl/α,β-unsaturated/α-hetero) is 1. The predicted octanol–water partition coefficient (Wildman–Crippen LogP) is 4.30. The van der Waals surface area contributed by atoms with E-state index in [1.807, 2.05) is 48.7 Å². The first-order valence-electron chi connectivity index (χ1n) is 9.33. The number of rotatable bonds is 5. The van der Waals surface area contributed by atoms with E-state index in [-0.39, 0.29) is 0 Å². The number of nitrogens with zero attached hydrogens (tertiary/aromatic N) is 3. The summed E-state index contributed by atoms with van der Waals surface area (Å²) in [5.74, 6) is -1.27. The van der Waals surface area contributed by atoms with Crippen LogP contribution in [0.1, 0.15) is 38.4 Å². The standard InChI is InChI=1S/C23H18N4O2S/c1-14-3-8-20-19(22(28)23(29)25-21-9-15(2)26-30-21)11-18(27(20)13-14)10-16-4-6-17(12-24)7-5-16/h3-9,11,13H,10H2,1-2H3,(H,25,29). The Morgan fingerprint density at radius 1 is 1.13 bits per heavy atom. The van der Waals surface area contributed by atoms with Crippen LogP contribution in [-0.2, 0) is 11.2 Å². The topological polar surface area (TPSA) is 87.3 Å². The minimum atomic E-state index is -0.684. The summed E-state index contributed by atoms with van der Waals surface area (Å²) in [5, 5.41) is 12.2. The van der Waals surface area contributed by atoms with Gasteiger partial charge in [-0.3, -0.25) is 9.59 Å². The number of nitriles is 1. The molecule has 0 atom stereocenters. The van der Waals surface area contributed by atoms with Crippen LogP contribution < -0.4 is 5.32 Å². The first kappa shape index (κ1) is 19.6. The van der Waals surface area contributed by atoms with Gasteiger partial charge in [-0.05, 0) is 66.8 Å². The van der Waals surface area contributed by atoms with Crippen LogP contribution in [0.3, 0.4) is 0 Å². The summed E-state index contributed by atoms with van der Waals surface area (Å²) in [5.41, 5.74) is 5.38. The highest BCUT2D eigenvalue weighted by atomic mass is 32.1. The Balaban J connectivity index is 1.68. The maximum atomic E-state index is 12.9. The van der Waals surface area contributed by atoms with Gasteiger partial charge in [-0.25, -0.2) is 0 Å². The Labute approximate surface area is 177 Å². The van der Waals surface area contributed by atoms with Crippen molar-refractivity contribution in [3.8, 4) is 6.07 Å². The molecular weight excluding hydrogens is 396 g/mol. The monoisotopic (exact) mass is 414 g/mol. The molecule has 0 unspecified atom stereocenters. The van der Waals surface area contributed by atoms with Gasteiger partial charge < -0.3 is 9.72 Å². The molecule has 1 amide bonds. The summed E-state index contributed by atoms with van der Waals surface area (Å²) >= 11 is 1.14. The van der Waals surface area contributed by atoms with Gasteiger partial charge in [0.05, 0.1) is 28.4 Å². The van der Waals surface area contributed by atoms with Crippen molar-refractivity contribution < 1.29 is 9.59 Å². The van der Waals surface area contributed by atoms with E-state index in [9.17, 15) is 9.59 Å². The zero-order chi connectivity index (χ0) is 21.3. The van der Waals surface area contributed by atoms with Gasteiger partial charge in [0.1, 0.15) is 5.00 Å². The van der Waals surface area contributed by atoms with Gasteiger partial charge in [0.25, 0.3) is 11.7 Å². The fourth-order valence-electron chi connectivity index (χ4n) is 3.31. The molecule has 0 aliphatic carbocycles. The number of carbonyl (C=O) groups excluding carboxylic acids is 2. The number of amides is 1. The molecule has 4 aromatic rings. The van der Waals surface area contributed by atoms with Crippen LogP contribution in [0.5, 0.6) is 0 Å². The highest BCUT2D eigenvalue weighted by Crippen LogP contribution is 2.23. The lowest BCUT2D eigenvalue weighted by Gasteiger charge is -2.05. The Morgan fingerprint density at radius 3 is 2.57 bits per heavy atom. The highest BCUT2D eigenvalue weighted by molar-refractivity contribution is 7.10. The Kier molecular flexibility index (Phi) is 5.17. The van der Waals surface area contributed by atoms with Crippen molar-refractivity contribution in [1.82, 2.24) is 8.77 Å². The van der Waals surface area contributed by atoms with Crippen LogP contribution >= 0.6 is 11.5 Å². The predicted molar refractivity (Wildman–Crippen MR) is 116 cm³/mol. The van der Waals surface area contributed by atoms with E-state index in [1.165, 1.54) is 0 Å². The first-order chi connectivity index (χ1) is 14.4. The van der Waals surface area contributed by atoms with E-state index in [0.29, 0.717) is 28.1 Å². The number of carbonyl (C=O) groups is 2. The number of anilines is 1. The number of nitrogens with one attached hydrogen (secondary N) is 1. The van der Waals surface area contributed by atoms with E-state index in [2.05, 4.69) is 15.8 Å². The van der Waals surface area contributed by atoms with Crippen molar-refractivity contribution in [3.63, 3.8) is 0 Å². The number of aryl methyl sites for hydroxylation is 2. The van der Waals surface area contributed by atoms with Crippen LogP contribution in [-0.4, -0.2) is 20.5 Å². The molecule has 0 bridgehead atoms. The Morgan fingerprint density at radius 2 is 1.90 bits per heavy atom. The number of ketones is 1. The lowest BCUT2D eigenvalue weighted by molar-refractivity contribution is -0.112. The van der Waals surface area contributed by atoms with Crippen LogP contribution in [0.15, 0.2) is 54.7 Å². The summed E-state index contributed by atoms with van der Waals surface area (Å²) < 4.78 is 6.07. The molecule has 3 heterocycles. The largest absolute Gasteiger partial charge is 0.320 e. The molecule has 148 valence electrons. The van der Waals surface area contributed by atoms with Crippen LogP contribution in [0.25, 0.3) is 5.52 Å². The summed E-state index contributed by atoms with van der Waals surface area (Å²) in [7, 11) is 0. The van der Waals surface area contributed by atoms with Crippen LogP contribution in [0.2, 0.25) is 0 Å². The van der Waals surface area contributed by atoms with Gasteiger partial charge in [-0.2, -0.15) is 9.64 Å². The molecular formula is C23H18N4O2S. The zero-order valence-corrected chi connectivity index (χ0v) is 17.3. The third-order valence-electron chi connectivity index (χ3n) is 4.78. The first-order valence-corrected chi connectivity index (χ1v) is 10.1. The molecule has 1 aromatic carbocycles. The number of fused-ring (bicyclic) bond motifs is 1. The molecule has 6 nitrogen and oxygen atoms in total. The normalized spacial score (nSPS) is 10.7. The number of pyridine rings is 1. The fraction of sp³-hybridized carbons (Fsp3) is 0.130.